The lowest BCUT2D eigenvalue weighted by Gasteiger charge is -2.29. The van der Waals surface area contributed by atoms with Crippen molar-refractivity contribution in [2.45, 2.75) is 84.4 Å². The molecule has 11 nitrogen and oxygen atoms in total. The number of ether oxygens (including phenoxy) is 2. The van der Waals surface area contributed by atoms with Gasteiger partial charge in [0, 0.05) is 6.20 Å². The van der Waals surface area contributed by atoms with Crippen LogP contribution in [0.25, 0.3) is 0 Å². The number of anilines is 1. The number of aromatic nitrogens is 2. The van der Waals surface area contributed by atoms with Crippen molar-refractivity contribution in [2.75, 3.05) is 11.9 Å². The Labute approximate surface area is 223 Å². The van der Waals surface area contributed by atoms with E-state index < -0.39 is 47.0 Å². The molecule has 208 valence electrons. The average molecular weight is 530 g/mol. The molecular formula is C27H39N5O6. The number of nitrogens with one attached hydrogen (secondary N) is 4. The van der Waals surface area contributed by atoms with Crippen molar-refractivity contribution in [3.8, 4) is 0 Å². The number of aromatic amines is 1. The summed E-state index contributed by atoms with van der Waals surface area (Å²) in [6.07, 6.45) is 1.70. The highest BCUT2D eigenvalue weighted by Crippen LogP contribution is 2.25. The molecule has 0 aliphatic carbocycles. The Bertz CT molecular complexity index is 1110. The number of alkyl carbamates (subject to hydrolysis) is 1. The smallest absolute Gasteiger partial charge is 0.408 e. The van der Waals surface area contributed by atoms with Gasteiger partial charge in [0.25, 0.3) is 0 Å². The quantitative estimate of drug-likeness (QED) is 0.324. The van der Waals surface area contributed by atoms with Gasteiger partial charge in [-0.15, -0.1) is 0 Å². The van der Waals surface area contributed by atoms with Crippen molar-refractivity contribution in [3.05, 3.63) is 47.9 Å². The zero-order valence-corrected chi connectivity index (χ0v) is 23.1. The molecule has 4 N–H and O–H groups in total. The van der Waals surface area contributed by atoms with Crippen LogP contribution >= 0.6 is 0 Å². The number of esters is 1. The van der Waals surface area contributed by atoms with E-state index in [0.29, 0.717) is 24.2 Å². The number of H-pyrrole nitrogens is 1. The van der Waals surface area contributed by atoms with Crippen LogP contribution in [0.3, 0.4) is 0 Å². The number of carbonyl (C=O) groups is 4. The van der Waals surface area contributed by atoms with Gasteiger partial charge in [0.05, 0.1) is 6.61 Å². The molecule has 3 amide bonds. The van der Waals surface area contributed by atoms with Gasteiger partial charge >= 0.3 is 12.1 Å². The molecule has 1 unspecified atom stereocenters. The Kier molecular flexibility index (Phi) is 10.4. The van der Waals surface area contributed by atoms with E-state index in [1.807, 2.05) is 25.1 Å². The monoisotopic (exact) mass is 529 g/mol. The summed E-state index contributed by atoms with van der Waals surface area (Å²) >= 11 is 0. The minimum Gasteiger partial charge on any atom is -0.465 e. The van der Waals surface area contributed by atoms with E-state index in [9.17, 15) is 19.2 Å². The summed E-state index contributed by atoms with van der Waals surface area (Å²) in [6, 6.07) is 8.16. The molecular weight excluding hydrogens is 490 g/mol. The fourth-order valence-corrected chi connectivity index (χ4v) is 3.55. The zero-order valence-electron chi connectivity index (χ0n) is 23.1. The number of imidazole rings is 1. The van der Waals surface area contributed by atoms with Crippen LogP contribution in [0.4, 0.5) is 10.6 Å². The van der Waals surface area contributed by atoms with Gasteiger partial charge in [0.2, 0.25) is 11.8 Å². The predicted molar refractivity (Wildman–Crippen MR) is 142 cm³/mol. The first-order valence-electron chi connectivity index (χ1n) is 12.7. The van der Waals surface area contributed by atoms with Crippen LogP contribution in [-0.4, -0.2) is 57.6 Å². The molecule has 0 saturated heterocycles. The first kappa shape index (κ1) is 30.3. The van der Waals surface area contributed by atoms with E-state index in [1.54, 1.807) is 39.8 Å². The largest absolute Gasteiger partial charge is 0.465 e. The Morgan fingerprint density at radius 1 is 1.03 bits per heavy atom. The second kappa shape index (κ2) is 13.1. The SMILES string of the molecule is CCC[C@@H](NC(=O)C(C)(C)NC(=O)OC(C)(C)C)C(=O)Nc1c[nH]c(C(C(=O)OCC)c2ccccc2)n1. The van der Waals surface area contributed by atoms with Crippen LogP contribution in [0, 0.1) is 0 Å². The third-order valence-electron chi connectivity index (χ3n) is 5.36. The molecule has 2 atom stereocenters. The molecule has 1 heterocycles. The lowest BCUT2D eigenvalue weighted by Crippen LogP contribution is -2.58. The maximum atomic E-state index is 13.1. The molecule has 38 heavy (non-hydrogen) atoms. The minimum absolute atomic E-state index is 0.191. The van der Waals surface area contributed by atoms with Crippen LogP contribution in [0.1, 0.15) is 78.6 Å². The molecule has 0 aliphatic heterocycles. The summed E-state index contributed by atoms with van der Waals surface area (Å²) in [5, 5.41) is 7.93. The summed E-state index contributed by atoms with van der Waals surface area (Å²) in [7, 11) is 0. The van der Waals surface area contributed by atoms with Crippen molar-refractivity contribution in [3.63, 3.8) is 0 Å². The van der Waals surface area contributed by atoms with Gasteiger partial charge in [-0.25, -0.2) is 9.78 Å². The number of rotatable bonds is 11. The number of hydrogen-bond donors (Lipinski definition) is 4. The number of carbonyl (C=O) groups excluding carboxylic acids is 4. The van der Waals surface area contributed by atoms with E-state index in [4.69, 9.17) is 9.47 Å². The average Bonchev–Trinajstić information content (AvgIpc) is 3.25. The lowest BCUT2D eigenvalue weighted by atomic mass is 9.98. The third kappa shape index (κ3) is 8.89. The van der Waals surface area contributed by atoms with Crippen molar-refractivity contribution < 1.29 is 28.7 Å². The van der Waals surface area contributed by atoms with Crippen molar-refractivity contribution in [1.29, 1.82) is 0 Å². The molecule has 0 aliphatic rings. The lowest BCUT2D eigenvalue weighted by molar-refractivity contribution is -0.144. The van der Waals surface area contributed by atoms with Gasteiger partial charge in [-0.2, -0.15) is 0 Å². The van der Waals surface area contributed by atoms with Crippen molar-refractivity contribution in [2.24, 2.45) is 0 Å². The second-order valence-corrected chi connectivity index (χ2v) is 10.3. The van der Waals surface area contributed by atoms with E-state index in [1.165, 1.54) is 20.0 Å². The minimum atomic E-state index is -1.34. The topological polar surface area (TPSA) is 152 Å². The molecule has 2 rings (SSSR count). The molecule has 0 fully saturated rings. The Balaban J connectivity index is 2.14. The molecule has 1 aromatic carbocycles. The van der Waals surface area contributed by atoms with E-state index >= 15 is 0 Å². The van der Waals surface area contributed by atoms with Crippen LogP contribution in [0.5, 0.6) is 0 Å². The number of hydrogen-bond acceptors (Lipinski definition) is 7. The first-order valence-corrected chi connectivity index (χ1v) is 12.7. The second-order valence-electron chi connectivity index (χ2n) is 10.3. The molecule has 0 saturated carbocycles. The number of nitrogens with zero attached hydrogens (tertiary/aromatic N) is 1. The predicted octanol–water partition coefficient (Wildman–Crippen LogP) is 3.63. The standard InChI is InChI=1S/C27H39N5O6/c1-8-13-18(29-24(35)27(6,7)32-25(36)38-26(3,4)5)22(33)31-19-16-28-21(30-19)20(23(34)37-9-2)17-14-11-10-12-15-17/h10-12,14-16,18,20H,8-9,13H2,1-7H3,(H,28,30)(H,29,35)(H,31,33)(H,32,36)/t18-,20?/m1/s1. The Hall–Kier alpha value is -3.89. The highest BCUT2D eigenvalue weighted by molar-refractivity contribution is 5.98. The van der Waals surface area contributed by atoms with Gasteiger partial charge < -0.3 is 30.4 Å². The van der Waals surface area contributed by atoms with Gasteiger partial charge in [0.1, 0.15) is 28.9 Å². The normalized spacial score (nSPS) is 13.1. The maximum Gasteiger partial charge on any atom is 0.408 e. The van der Waals surface area contributed by atoms with Crippen LogP contribution in [0.2, 0.25) is 0 Å². The van der Waals surface area contributed by atoms with Crippen LogP contribution < -0.4 is 16.0 Å². The number of amides is 3. The van der Waals surface area contributed by atoms with E-state index in [2.05, 4.69) is 25.9 Å². The molecule has 11 heteroatoms. The van der Waals surface area contributed by atoms with Crippen LogP contribution in [-0.2, 0) is 23.9 Å². The van der Waals surface area contributed by atoms with Crippen LogP contribution in [0.15, 0.2) is 36.5 Å². The summed E-state index contributed by atoms with van der Waals surface area (Å²) < 4.78 is 10.5. The molecule has 0 spiro atoms. The first-order chi connectivity index (χ1) is 17.8. The van der Waals surface area contributed by atoms with Gasteiger partial charge in [0.15, 0.2) is 5.82 Å². The molecule has 0 bridgehead atoms. The molecule has 0 radical (unpaired) electrons. The van der Waals surface area contributed by atoms with Gasteiger partial charge in [-0.1, -0.05) is 43.7 Å². The fourth-order valence-electron chi connectivity index (χ4n) is 3.55. The maximum absolute atomic E-state index is 13.1. The third-order valence-corrected chi connectivity index (χ3v) is 5.36. The summed E-state index contributed by atoms with van der Waals surface area (Å²) in [5.74, 6) is -1.81. The van der Waals surface area contributed by atoms with Crippen molar-refractivity contribution in [1.82, 2.24) is 20.6 Å². The van der Waals surface area contributed by atoms with E-state index in [-0.39, 0.29) is 12.4 Å². The highest BCUT2D eigenvalue weighted by atomic mass is 16.6. The number of benzene rings is 1. The summed E-state index contributed by atoms with van der Waals surface area (Å²) in [6.45, 7) is 12.0. The zero-order chi connectivity index (χ0) is 28.5. The Morgan fingerprint density at radius 2 is 1.68 bits per heavy atom. The summed E-state index contributed by atoms with van der Waals surface area (Å²) in [5.41, 5.74) is -1.37. The fraction of sp³-hybridized carbons (Fsp3) is 0.519. The Morgan fingerprint density at radius 3 is 2.26 bits per heavy atom. The van der Waals surface area contributed by atoms with Crippen molar-refractivity contribution >= 4 is 29.7 Å². The summed E-state index contributed by atoms with van der Waals surface area (Å²) in [4.78, 5) is 58.2. The highest BCUT2D eigenvalue weighted by Gasteiger charge is 2.34. The molecule has 2 aromatic rings. The van der Waals surface area contributed by atoms with Gasteiger partial charge in [-0.05, 0) is 53.5 Å². The van der Waals surface area contributed by atoms with Gasteiger partial charge in [-0.3, -0.25) is 14.4 Å². The van der Waals surface area contributed by atoms with E-state index in [0.717, 1.165) is 0 Å². The molecule has 1 aromatic heterocycles.